The van der Waals surface area contributed by atoms with Crippen molar-refractivity contribution in [3.05, 3.63) is 24.3 Å². The normalized spacial score (nSPS) is 12.4. The highest BCUT2D eigenvalue weighted by Crippen LogP contribution is 2.19. The molecule has 1 unspecified atom stereocenters. The molecule has 1 rings (SSSR count). The largest absolute Gasteiger partial charge is 0.494 e. The van der Waals surface area contributed by atoms with Crippen molar-refractivity contribution in [2.45, 2.75) is 24.5 Å². The van der Waals surface area contributed by atoms with Gasteiger partial charge in [-0.25, -0.2) is 4.72 Å². The average Bonchev–Trinajstić information content (AvgIpc) is 2.37. The second-order valence-corrected chi connectivity index (χ2v) is 4.47. The molecule has 0 fully saturated rings. The first-order valence-electron chi connectivity index (χ1n) is 5.64. The van der Waals surface area contributed by atoms with Crippen molar-refractivity contribution in [2.24, 2.45) is 5.73 Å². The molecule has 0 heterocycles. The van der Waals surface area contributed by atoms with Gasteiger partial charge in [-0.05, 0) is 56.1 Å². The number of hydrogen-bond acceptors (Lipinski definition) is 5. The maximum Gasteiger partial charge on any atom is 0.119 e. The lowest BCUT2D eigenvalue weighted by molar-refractivity contribution is 0.112. The van der Waals surface area contributed by atoms with Crippen LogP contribution in [0.25, 0.3) is 0 Å². The average molecular weight is 256 g/mol. The molecule has 0 aromatic heterocycles. The predicted molar refractivity (Wildman–Crippen MR) is 71.1 cm³/mol. The topological polar surface area (TPSA) is 56.5 Å². The Balaban J connectivity index is 2.34. The highest BCUT2D eigenvalue weighted by Gasteiger charge is 2.00. The number of ether oxygens (including phenoxy) is 2. The van der Waals surface area contributed by atoms with Crippen molar-refractivity contribution < 1.29 is 9.47 Å². The molecule has 1 aromatic carbocycles. The summed E-state index contributed by atoms with van der Waals surface area (Å²) in [5.41, 5.74) is 5.39. The fourth-order valence-electron chi connectivity index (χ4n) is 1.08. The SMILES string of the molecule is COC(C)NSc1ccc(OCCCN)cc1. The van der Waals surface area contributed by atoms with Crippen LogP contribution in [0.15, 0.2) is 29.2 Å². The second kappa shape index (κ2) is 8.36. The van der Waals surface area contributed by atoms with Gasteiger partial charge in [0.15, 0.2) is 0 Å². The Labute approximate surface area is 107 Å². The minimum atomic E-state index is 0.0282. The molecule has 1 atom stereocenters. The van der Waals surface area contributed by atoms with Crippen molar-refractivity contribution in [1.29, 1.82) is 0 Å². The molecule has 0 spiro atoms. The van der Waals surface area contributed by atoms with Crippen molar-refractivity contribution >= 4 is 11.9 Å². The molecule has 4 nitrogen and oxygen atoms in total. The van der Waals surface area contributed by atoms with E-state index in [9.17, 15) is 0 Å². The summed E-state index contributed by atoms with van der Waals surface area (Å²) >= 11 is 1.54. The van der Waals surface area contributed by atoms with Gasteiger partial charge in [0, 0.05) is 12.0 Å². The molecule has 0 bridgehead atoms. The fraction of sp³-hybridized carbons (Fsp3) is 0.500. The lowest BCUT2D eigenvalue weighted by Crippen LogP contribution is -2.20. The first-order chi connectivity index (χ1) is 8.26. The van der Waals surface area contributed by atoms with E-state index in [1.807, 2.05) is 31.2 Å². The summed E-state index contributed by atoms with van der Waals surface area (Å²) in [5.74, 6) is 0.877. The van der Waals surface area contributed by atoms with Gasteiger partial charge in [0.05, 0.1) is 6.61 Å². The van der Waals surface area contributed by atoms with Gasteiger partial charge in [0.2, 0.25) is 0 Å². The summed E-state index contributed by atoms with van der Waals surface area (Å²) in [6, 6.07) is 7.94. The standard InChI is InChI=1S/C12H20N2O2S/c1-10(15-2)14-17-12-6-4-11(5-7-12)16-9-3-8-13/h4-7,10,14H,3,8-9,13H2,1-2H3. The van der Waals surface area contributed by atoms with Crippen LogP contribution in [0.1, 0.15) is 13.3 Å². The number of methoxy groups -OCH3 is 1. The van der Waals surface area contributed by atoms with E-state index in [0.717, 1.165) is 17.1 Å². The van der Waals surface area contributed by atoms with Gasteiger partial charge in [0.1, 0.15) is 12.0 Å². The summed E-state index contributed by atoms with van der Waals surface area (Å²) in [5, 5.41) is 0. The Morgan fingerprint density at radius 2 is 2.06 bits per heavy atom. The van der Waals surface area contributed by atoms with Crippen LogP contribution in [0.5, 0.6) is 5.75 Å². The van der Waals surface area contributed by atoms with Crippen LogP contribution < -0.4 is 15.2 Å². The van der Waals surface area contributed by atoms with Crippen molar-refractivity contribution in [2.75, 3.05) is 20.3 Å². The number of benzene rings is 1. The van der Waals surface area contributed by atoms with Gasteiger partial charge < -0.3 is 15.2 Å². The van der Waals surface area contributed by atoms with Crippen LogP contribution in [-0.4, -0.2) is 26.5 Å². The van der Waals surface area contributed by atoms with Gasteiger partial charge in [-0.3, -0.25) is 0 Å². The Bertz CT molecular complexity index is 306. The fourth-order valence-corrected chi connectivity index (χ4v) is 1.75. The van der Waals surface area contributed by atoms with E-state index in [4.69, 9.17) is 15.2 Å². The maximum atomic E-state index is 5.51. The van der Waals surface area contributed by atoms with E-state index in [1.165, 1.54) is 11.9 Å². The molecule has 0 aliphatic rings. The lowest BCUT2D eigenvalue weighted by Gasteiger charge is -2.11. The van der Waals surface area contributed by atoms with Gasteiger partial charge in [-0.2, -0.15) is 0 Å². The molecule has 5 heteroatoms. The van der Waals surface area contributed by atoms with Crippen LogP contribution in [0.3, 0.4) is 0 Å². The number of nitrogens with two attached hydrogens (primary N) is 1. The summed E-state index contributed by atoms with van der Waals surface area (Å²) < 4.78 is 13.8. The third-order valence-corrected chi connectivity index (χ3v) is 3.09. The minimum absolute atomic E-state index is 0.0282. The van der Waals surface area contributed by atoms with E-state index in [-0.39, 0.29) is 6.23 Å². The predicted octanol–water partition coefficient (Wildman–Crippen LogP) is 2.00. The van der Waals surface area contributed by atoms with Crippen LogP contribution in [-0.2, 0) is 4.74 Å². The van der Waals surface area contributed by atoms with Gasteiger partial charge in [0.25, 0.3) is 0 Å². The molecular formula is C12H20N2O2S. The second-order valence-electron chi connectivity index (χ2n) is 3.56. The monoisotopic (exact) mass is 256 g/mol. The van der Waals surface area contributed by atoms with Crippen LogP contribution in [0.4, 0.5) is 0 Å². The van der Waals surface area contributed by atoms with Crippen molar-refractivity contribution in [1.82, 2.24) is 4.72 Å². The third kappa shape index (κ3) is 5.93. The smallest absolute Gasteiger partial charge is 0.119 e. The van der Waals surface area contributed by atoms with Gasteiger partial charge >= 0.3 is 0 Å². The first-order valence-corrected chi connectivity index (χ1v) is 6.46. The quantitative estimate of drug-likeness (QED) is 0.423. The molecule has 3 N–H and O–H groups in total. The zero-order valence-electron chi connectivity index (χ0n) is 10.3. The summed E-state index contributed by atoms with van der Waals surface area (Å²) in [4.78, 5) is 1.13. The van der Waals surface area contributed by atoms with Crippen LogP contribution in [0, 0.1) is 0 Å². The van der Waals surface area contributed by atoms with E-state index in [1.54, 1.807) is 7.11 Å². The molecule has 96 valence electrons. The molecule has 1 aromatic rings. The molecule has 17 heavy (non-hydrogen) atoms. The minimum Gasteiger partial charge on any atom is -0.494 e. The molecule has 0 aliphatic heterocycles. The molecule has 0 radical (unpaired) electrons. The Kier molecular flexibility index (Phi) is 7.04. The van der Waals surface area contributed by atoms with E-state index >= 15 is 0 Å². The van der Waals surface area contributed by atoms with E-state index in [0.29, 0.717) is 13.2 Å². The highest BCUT2D eigenvalue weighted by molar-refractivity contribution is 7.97. The van der Waals surface area contributed by atoms with Crippen LogP contribution in [0.2, 0.25) is 0 Å². The summed E-state index contributed by atoms with van der Waals surface area (Å²) in [7, 11) is 1.67. The number of nitrogens with one attached hydrogen (secondary N) is 1. The zero-order chi connectivity index (χ0) is 12.5. The summed E-state index contributed by atoms with van der Waals surface area (Å²) in [6.07, 6.45) is 0.907. The molecule has 0 amide bonds. The number of hydrogen-bond donors (Lipinski definition) is 2. The summed E-state index contributed by atoms with van der Waals surface area (Å²) in [6.45, 7) is 3.28. The molecule has 0 saturated carbocycles. The molecular weight excluding hydrogens is 236 g/mol. The van der Waals surface area contributed by atoms with E-state index < -0.39 is 0 Å². The zero-order valence-corrected chi connectivity index (χ0v) is 11.1. The Morgan fingerprint density at radius 3 is 2.65 bits per heavy atom. The maximum absolute atomic E-state index is 5.51. The van der Waals surface area contributed by atoms with Crippen LogP contribution >= 0.6 is 11.9 Å². The Morgan fingerprint density at radius 1 is 1.35 bits per heavy atom. The highest BCUT2D eigenvalue weighted by atomic mass is 32.2. The number of rotatable bonds is 8. The first kappa shape index (κ1) is 14.3. The third-order valence-electron chi connectivity index (χ3n) is 2.14. The molecule has 0 saturated heterocycles. The molecule has 0 aliphatic carbocycles. The van der Waals surface area contributed by atoms with E-state index in [2.05, 4.69) is 4.72 Å². The lowest BCUT2D eigenvalue weighted by atomic mass is 10.3. The Hall–Kier alpha value is -0.750. The van der Waals surface area contributed by atoms with Crippen molar-refractivity contribution in [3.63, 3.8) is 0 Å². The van der Waals surface area contributed by atoms with Crippen molar-refractivity contribution in [3.8, 4) is 5.75 Å². The van der Waals surface area contributed by atoms with Gasteiger partial charge in [-0.1, -0.05) is 0 Å². The van der Waals surface area contributed by atoms with Gasteiger partial charge in [-0.15, -0.1) is 0 Å².